The van der Waals surface area contributed by atoms with Crippen molar-refractivity contribution >= 4 is 35.1 Å². The molecule has 3 heterocycles. The summed E-state index contributed by atoms with van der Waals surface area (Å²) in [6, 6.07) is 25.9. The fourth-order valence-electron chi connectivity index (χ4n) is 8.97. The van der Waals surface area contributed by atoms with Gasteiger partial charge in [-0.1, -0.05) is 73.4 Å². The zero-order chi connectivity index (χ0) is 51.9. The molecule has 0 saturated carbocycles. The van der Waals surface area contributed by atoms with Crippen molar-refractivity contribution in [2.45, 2.75) is 128 Å². The van der Waals surface area contributed by atoms with Crippen LogP contribution in [-0.4, -0.2) is 122 Å². The van der Waals surface area contributed by atoms with Gasteiger partial charge < -0.3 is 63.1 Å². The van der Waals surface area contributed by atoms with E-state index in [1.165, 1.54) is 40.9 Å². The maximum Gasteiger partial charge on any atom is 0.303 e. The Morgan fingerprint density at radius 3 is 1.52 bits per heavy atom. The molecule has 390 valence electrons. The quantitative estimate of drug-likeness (QED) is 0.0792. The van der Waals surface area contributed by atoms with E-state index in [1.807, 2.05) is 82.3 Å². The molecule has 4 aromatic carbocycles. The number of benzene rings is 4. The lowest BCUT2D eigenvalue weighted by atomic mass is 9.81. The van der Waals surface area contributed by atoms with Crippen LogP contribution >= 0.6 is 23.2 Å². The van der Waals surface area contributed by atoms with Crippen LogP contribution in [0, 0.1) is 5.92 Å². The first-order valence-corrected chi connectivity index (χ1v) is 24.8. The number of aliphatic hydroxyl groups is 4. The fourth-order valence-corrected chi connectivity index (χ4v) is 9.34. The summed E-state index contributed by atoms with van der Waals surface area (Å²) in [7, 11) is 2.81. The zero-order valence-corrected chi connectivity index (χ0v) is 43.3. The van der Waals surface area contributed by atoms with Gasteiger partial charge in [-0.15, -0.1) is 0 Å². The molecule has 3 aliphatic rings. The van der Waals surface area contributed by atoms with E-state index in [2.05, 4.69) is 0 Å². The van der Waals surface area contributed by atoms with Gasteiger partial charge in [0.05, 0.1) is 25.9 Å². The van der Waals surface area contributed by atoms with Gasteiger partial charge in [0.1, 0.15) is 42.0 Å². The van der Waals surface area contributed by atoms with Crippen LogP contribution in [0.3, 0.4) is 0 Å². The van der Waals surface area contributed by atoms with Crippen LogP contribution in [0.5, 0.6) is 11.5 Å². The molecule has 3 aliphatic heterocycles. The van der Waals surface area contributed by atoms with Crippen LogP contribution in [0.4, 0.5) is 0 Å². The van der Waals surface area contributed by atoms with E-state index in [9.17, 15) is 30.0 Å². The Morgan fingerprint density at radius 2 is 1.13 bits per heavy atom. The Morgan fingerprint density at radius 1 is 0.662 bits per heavy atom. The van der Waals surface area contributed by atoms with Crippen LogP contribution in [0.25, 0.3) is 0 Å². The molecule has 1 unspecified atom stereocenters. The normalized spacial score (nSPS) is 27.0. The van der Waals surface area contributed by atoms with Gasteiger partial charge in [0.2, 0.25) is 11.6 Å². The molecule has 3 saturated heterocycles. The van der Waals surface area contributed by atoms with Gasteiger partial charge in [0.15, 0.2) is 6.10 Å². The van der Waals surface area contributed by atoms with Crippen LogP contribution in [0.15, 0.2) is 84.9 Å². The van der Waals surface area contributed by atoms with Crippen molar-refractivity contribution in [1.82, 2.24) is 0 Å². The highest BCUT2D eigenvalue weighted by molar-refractivity contribution is 6.31. The molecule has 3 fully saturated rings. The molecule has 10 atom stereocenters. The summed E-state index contributed by atoms with van der Waals surface area (Å²) in [5.74, 6) is -2.94. The van der Waals surface area contributed by atoms with Crippen molar-refractivity contribution in [3.8, 4) is 11.5 Å². The lowest BCUT2D eigenvalue weighted by molar-refractivity contribution is -0.366. The number of aliphatic hydroxyl groups excluding tert-OH is 4. The van der Waals surface area contributed by atoms with E-state index in [1.54, 1.807) is 30.3 Å². The molecule has 0 aromatic heterocycles. The second kappa shape index (κ2) is 27.1. The summed E-state index contributed by atoms with van der Waals surface area (Å²) in [4.78, 5) is 24.2. The largest absolute Gasteiger partial charge is 0.494 e. The molecule has 0 radical (unpaired) electrons. The molecule has 0 amide bonds. The van der Waals surface area contributed by atoms with Crippen molar-refractivity contribution in [2.75, 3.05) is 47.3 Å². The summed E-state index contributed by atoms with van der Waals surface area (Å²) < 4.78 is 51.2. The number of carbonyl (C=O) groups excluding carboxylic acids is 2. The number of esters is 2. The minimum atomic E-state index is -1.77. The van der Waals surface area contributed by atoms with Gasteiger partial charge in [0, 0.05) is 68.4 Å². The Labute approximate surface area is 427 Å². The highest BCUT2D eigenvalue weighted by Gasteiger charge is 2.59. The van der Waals surface area contributed by atoms with E-state index in [0.717, 1.165) is 47.0 Å². The molecule has 0 spiro atoms. The monoisotopic (exact) mass is 1030 g/mol. The summed E-state index contributed by atoms with van der Waals surface area (Å²) in [6.45, 7) is 13.0. The first-order valence-electron chi connectivity index (χ1n) is 24.0. The summed E-state index contributed by atoms with van der Waals surface area (Å²) in [5.41, 5.74) is 4.67. The molecular weight excluding hydrogens is 959 g/mol. The van der Waals surface area contributed by atoms with Crippen molar-refractivity contribution in [3.63, 3.8) is 0 Å². The number of hydrogen-bond donors (Lipinski definition) is 4. The Bertz CT molecular complexity index is 2280. The number of methoxy groups -OCH3 is 2. The first-order chi connectivity index (χ1) is 34.0. The topological polar surface area (TPSA) is 198 Å². The van der Waals surface area contributed by atoms with Crippen LogP contribution in [0.1, 0.15) is 94.2 Å². The molecule has 15 nitrogen and oxygen atoms in total. The van der Waals surface area contributed by atoms with Gasteiger partial charge in [-0.2, -0.15) is 0 Å². The SMILES string of the molecule is C1CCOC1.CCOc1ccc(Cc2cc(C3(OC)O[C@H](CO)[C@@H](O)[C@H](O)[C@H]3O)ccc2Cl)cc1.CCOc1ccc(Cc2cc([C@]3(OC)O[C@H](CC)[C@@H](C)[C@H](OC(C)=O)[C@H]3OC(C)=O)ccc2Cl)cc1. The predicted molar refractivity (Wildman–Crippen MR) is 267 cm³/mol. The second-order valence-electron chi connectivity index (χ2n) is 17.5. The Kier molecular flexibility index (Phi) is 21.9. The summed E-state index contributed by atoms with van der Waals surface area (Å²) in [6.07, 6.45) is -3.59. The zero-order valence-electron chi connectivity index (χ0n) is 41.8. The lowest BCUT2D eigenvalue weighted by Gasteiger charge is -2.50. The third-order valence-corrected chi connectivity index (χ3v) is 13.4. The van der Waals surface area contributed by atoms with Crippen LogP contribution < -0.4 is 9.47 Å². The minimum absolute atomic E-state index is 0.234. The van der Waals surface area contributed by atoms with Gasteiger partial charge in [0.25, 0.3) is 0 Å². The second-order valence-corrected chi connectivity index (χ2v) is 18.3. The summed E-state index contributed by atoms with van der Waals surface area (Å²) >= 11 is 13.0. The highest BCUT2D eigenvalue weighted by Crippen LogP contribution is 2.46. The van der Waals surface area contributed by atoms with Crippen LogP contribution in [-0.2, 0) is 67.2 Å². The van der Waals surface area contributed by atoms with Gasteiger partial charge >= 0.3 is 11.9 Å². The van der Waals surface area contributed by atoms with Crippen LogP contribution in [0.2, 0.25) is 10.0 Å². The fraction of sp³-hybridized carbons (Fsp3) is 0.519. The average molecular weight is 1030 g/mol. The number of ether oxygens (including phenoxy) is 9. The summed E-state index contributed by atoms with van der Waals surface area (Å²) in [5, 5.41) is 41.6. The number of rotatable bonds is 16. The van der Waals surface area contributed by atoms with Gasteiger partial charge in [-0.25, -0.2) is 0 Å². The molecule has 17 heteroatoms. The van der Waals surface area contributed by atoms with E-state index in [-0.39, 0.29) is 12.0 Å². The molecule has 71 heavy (non-hydrogen) atoms. The van der Waals surface area contributed by atoms with E-state index >= 15 is 0 Å². The average Bonchev–Trinajstić information content (AvgIpc) is 3.96. The van der Waals surface area contributed by atoms with Crippen molar-refractivity contribution in [1.29, 1.82) is 0 Å². The molecule has 7 rings (SSSR count). The standard InChI is InChI=1S/C28H35ClO7.C22H27ClO7.C4H8O/c1-7-25-17(3)26(34-18(4)30)27(35-19(5)31)28(32-6,36-25)22-11-14-24(29)21(16-22)15-20-9-12-23(13-10-20)33-8-2;1-3-29-16-7-4-13(5-8-16)10-14-11-15(6-9-17(14)23)22(28-2)21(27)20(26)19(25)18(12-24)30-22;1-2-4-5-3-1/h9-14,16-17,25-27H,7-8,15H2,1-6H3;4-9,11,18-21,24-27H,3,10,12H2,1-2H3;1-4H2/t17-,25-,26+,27-,28+;18-,19-,20+,21-,22?;/m11./s1. The molecular formula is C54H70Cl2O15. The maximum atomic E-state index is 12.2. The maximum absolute atomic E-state index is 12.2. The molecule has 0 aliphatic carbocycles. The number of halogens is 2. The van der Waals surface area contributed by atoms with Crippen molar-refractivity contribution in [2.24, 2.45) is 5.92 Å². The van der Waals surface area contributed by atoms with Gasteiger partial charge in [-0.05, 0) is 117 Å². The predicted octanol–water partition coefficient (Wildman–Crippen LogP) is 7.84. The van der Waals surface area contributed by atoms with Gasteiger partial charge in [-0.3, -0.25) is 9.59 Å². The third kappa shape index (κ3) is 14.2. The van der Waals surface area contributed by atoms with Crippen molar-refractivity contribution < 1.29 is 72.6 Å². The highest BCUT2D eigenvalue weighted by atomic mass is 35.5. The third-order valence-electron chi connectivity index (χ3n) is 12.6. The van der Waals surface area contributed by atoms with E-state index in [0.29, 0.717) is 53.6 Å². The molecule has 4 aromatic rings. The first kappa shape index (κ1) is 57.5. The lowest BCUT2D eigenvalue weighted by Crippen LogP contribution is -2.64. The number of carbonyl (C=O) groups is 2. The molecule has 4 N–H and O–H groups in total. The van der Waals surface area contributed by atoms with E-state index < -0.39 is 66.7 Å². The Hall–Kier alpha value is -4.36. The number of hydrogen-bond acceptors (Lipinski definition) is 15. The van der Waals surface area contributed by atoms with Crippen molar-refractivity contribution in [3.05, 3.63) is 128 Å². The molecule has 0 bridgehead atoms. The van der Waals surface area contributed by atoms with E-state index in [4.69, 9.17) is 65.8 Å². The Balaban J connectivity index is 0.000000243. The smallest absolute Gasteiger partial charge is 0.303 e. The minimum Gasteiger partial charge on any atom is -0.494 e.